The molecule has 4 rings (SSSR count). The van der Waals surface area contributed by atoms with E-state index in [-0.39, 0.29) is 11.5 Å². The van der Waals surface area contributed by atoms with Gasteiger partial charge >= 0.3 is 0 Å². The Morgan fingerprint density at radius 3 is 2.59 bits per heavy atom. The molecule has 0 atom stereocenters. The van der Waals surface area contributed by atoms with Crippen molar-refractivity contribution in [3.63, 3.8) is 0 Å². The summed E-state index contributed by atoms with van der Waals surface area (Å²) in [7, 11) is 1.59. The minimum atomic E-state index is -0.219. The number of amides is 1. The standard InChI is InChI=1S/C27H27N3O3S/c1-19-7-6-10-21(15-19)18-34-27-29-24-16-22(25(31)28-13-14-33-2)11-12-23(24)26(32)30(27)17-20-8-4-3-5-9-20/h3-12,15-16H,13-14,17-18H2,1-2H3,(H,28,31). The second kappa shape index (κ2) is 11.1. The molecule has 4 aromatic rings. The zero-order chi connectivity index (χ0) is 23.9. The van der Waals surface area contributed by atoms with E-state index in [2.05, 4.69) is 30.4 Å². The number of aromatic nitrogens is 2. The fourth-order valence-electron chi connectivity index (χ4n) is 3.68. The van der Waals surface area contributed by atoms with Crippen LogP contribution in [-0.2, 0) is 17.0 Å². The fraction of sp³-hybridized carbons (Fsp3) is 0.222. The number of hydrogen-bond donors (Lipinski definition) is 1. The summed E-state index contributed by atoms with van der Waals surface area (Å²) in [5.74, 6) is 0.467. The predicted molar refractivity (Wildman–Crippen MR) is 136 cm³/mol. The summed E-state index contributed by atoms with van der Waals surface area (Å²) in [4.78, 5) is 30.8. The van der Waals surface area contributed by atoms with Crippen LogP contribution in [0.15, 0.2) is 82.7 Å². The highest BCUT2D eigenvalue weighted by atomic mass is 32.2. The van der Waals surface area contributed by atoms with Gasteiger partial charge in [0.25, 0.3) is 11.5 Å². The van der Waals surface area contributed by atoms with Gasteiger partial charge in [0.15, 0.2) is 5.16 Å². The van der Waals surface area contributed by atoms with E-state index >= 15 is 0 Å². The maximum Gasteiger partial charge on any atom is 0.262 e. The number of nitrogens with zero attached hydrogens (tertiary/aromatic N) is 2. The molecule has 0 saturated heterocycles. The average molecular weight is 474 g/mol. The van der Waals surface area contributed by atoms with Gasteiger partial charge in [-0.25, -0.2) is 4.98 Å². The number of nitrogens with one attached hydrogen (secondary N) is 1. The van der Waals surface area contributed by atoms with Crippen LogP contribution in [0.5, 0.6) is 0 Å². The minimum Gasteiger partial charge on any atom is -0.383 e. The van der Waals surface area contributed by atoms with Gasteiger partial charge in [-0.2, -0.15) is 0 Å². The Labute approximate surface area is 203 Å². The summed E-state index contributed by atoms with van der Waals surface area (Å²) in [6.07, 6.45) is 0. The van der Waals surface area contributed by atoms with Crippen LogP contribution in [0, 0.1) is 6.92 Å². The Hall–Kier alpha value is -3.42. The normalized spacial score (nSPS) is 11.0. The Kier molecular flexibility index (Phi) is 7.77. The Morgan fingerprint density at radius 2 is 1.82 bits per heavy atom. The molecule has 6 nitrogen and oxygen atoms in total. The molecule has 1 aromatic heterocycles. The third-order valence-electron chi connectivity index (χ3n) is 5.41. The molecule has 0 aliphatic carbocycles. The number of thioether (sulfide) groups is 1. The molecule has 0 aliphatic rings. The quantitative estimate of drug-likeness (QED) is 0.221. The Balaban J connectivity index is 1.72. The maximum absolute atomic E-state index is 13.5. The number of benzene rings is 3. The number of ether oxygens (including phenoxy) is 1. The van der Waals surface area contributed by atoms with Crippen molar-refractivity contribution in [2.75, 3.05) is 20.3 Å². The molecule has 34 heavy (non-hydrogen) atoms. The van der Waals surface area contributed by atoms with E-state index in [0.29, 0.717) is 47.1 Å². The molecule has 0 saturated carbocycles. The van der Waals surface area contributed by atoms with Crippen LogP contribution in [-0.4, -0.2) is 35.7 Å². The van der Waals surface area contributed by atoms with Crippen molar-refractivity contribution in [1.29, 1.82) is 0 Å². The van der Waals surface area contributed by atoms with Gasteiger partial charge in [-0.05, 0) is 36.2 Å². The summed E-state index contributed by atoms with van der Waals surface area (Å²) < 4.78 is 6.71. The van der Waals surface area contributed by atoms with Crippen LogP contribution >= 0.6 is 11.8 Å². The SMILES string of the molecule is COCCNC(=O)c1ccc2c(=O)n(Cc3ccccc3)c(SCc3cccc(C)c3)nc2c1. The van der Waals surface area contributed by atoms with E-state index in [1.807, 2.05) is 36.4 Å². The van der Waals surface area contributed by atoms with Gasteiger partial charge < -0.3 is 10.1 Å². The zero-order valence-corrected chi connectivity index (χ0v) is 20.1. The molecule has 1 amide bonds. The summed E-state index contributed by atoms with van der Waals surface area (Å²) in [6, 6.07) is 23.2. The molecule has 3 aromatic carbocycles. The molecule has 0 radical (unpaired) electrons. The highest BCUT2D eigenvalue weighted by Gasteiger charge is 2.15. The van der Waals surface area contributed by atoms with Crippen LogP contribution < -0.4 is 10.9 Å². The van der Waals surface area contributed by atoms with Crippen LogP contribution in [0.25, 0.3) is 10.9 Å². The first kappa shape index (κ1) is 23.7. The van der Waals surface area contributed by atoms with Crippen molar-refractivity contribution in [3.05, 3.63) is 105 Å². The third-order valence-corrected chi connectivity index (χ3v) is 6.46. The molecule has 0 unspecified atom stereocenters. The highest BCUT2D eigenvalue weighted by Crippen LogP contribution is 2.24. The van der Waals surface area contributed by atoms with Gasteiger partial charge in [-0.15, -0.1) is 0 Å². The molecule has 0 spiro atoms. The lowest BCUT2D eigenvalue weighted by molar-refractivity contribution is 0.0937. The molecular weight excluding hydrogens is 446 g/mol. The molecule has 174 valence electrons. The number of aryl methyl sites for hydroxylation is 1. The van der Waals surface area contributed by atoms with Gasteiger partial charge in [0.2, 0.25) is 0 Å². The van der Waals surface area contributed by atoms with Gasteiger partial charge in [-0.1, -0.05) is 71.9 Å². The summed E-state index contributed by atoms with van der Waals surface area (Å²) in [5, 5.41) is 3.92. The number of rotatable bonds is 9. The van der Waals surface area contributed by atoms with Crippen LogP contribution in [0.1, 0.15) is 27.0 Å². The summed E-state index contributed by atoms with van der Waals surface area (Å²) in [6.45, 7) is 3.34. The number of hydrogen-bond acceptors (Lipinski definition) is 5. The smallest absolute Gasteiger partial charge is 0.262 e. The first-order valence-corrected chi connectivity index (χ1v) is 12.1. The van der Waals surface area contributed by atoms with Crippen molar-refractivity contribution in [2.45, 2.75) is 24.4 Å². The number of carbonyl (C=O) groups is 1. The minimum absolute atomic E-state index is 0.119. The largest absolute Gasteiger partial charge is 0.383 e. The van der Waals surface area contributed by atoms with E-state index in [0.717, 1.165) is 11.1 Å². The van der Waals surface area contributed by atoms with Crippen molar-refractivity contribution in [2.24, 2.45) is 0 Å². The molecule has 0 fully saturated rings. The van der Waals surface area contributed by atoms with E-state index in [1.165, 1.54) is 17.3 Å². The van der Waals surface area contributed by atoms with E-state index in [1.54, 1.807) is 29.9 Å². The fourth-order valence-corrected chi connectivity index (χ4v) is 4.62. The van der Waals surface area contributed by atoms with E-state index in [9.17, 15) is 9.59 Å². The van der Waals surface area contributed by atoms with Crippen molar-refractivity contribution >= 4 is 28.6 Å². The monoisotopic (exact) mass is 473 g/mol. The first-order chi connectivity index (χ1) is 16.5. The van der Waals surface area contributed by atoms with Crippen molar-refractivity contribution in [1.82, 2.24) is 14.9 Å². The number of fused-ring (bicyclic) bond motifs is 1. The zero-order valence-electron chi connectivity index (χ0n) is 19.3. The topological polar surface area (TPSA) is 73.2 Å². The lowest BCUT2D eigenvalue weighted by Gasteiger charge is -2.14. The van der Waals surface area contributed by atoms with Gasteiger partial charge in [-0.3, -0.25) is 14.2 Å². The lowest BCUT2D eigenvalue weighted by atomic mass is 10.1. The second-order valence-corrected chi connectivity index (χ2v) is 8.97. The van der Waals surface area contributed by atoms with Crippen LogP contribution in [0.3, 0.4) is 0 Å². The molecule has 0 bridgehead atoms. The van der Waals surface area contributed by atoms with E-state index < -0.39 is 0 Å². The van der Waals surface area contributed by atoms with Crippen LogP contribution in [0.2, 0.25) is 0 Å². The van der Waals surface area contributed by atoms with E-state index in [4.69, 9.17) is 9.72 Å². The first-order valence-electron chi connectivity index (χ1n) is 11.1. The highest BCUT2D eigenvalue weighted by molar-refractivity contribution is 7.98. The molecule has 7 heteroatoms. The van der Waals surface area contributed by atoms with Crippen molar-refractivity contribution in [3.8, 4) is 0 Å². The summed E-state index contributed by atoms with van der Waals surface area (Å²) >= 11 is 1.52. The molecular formula is C27H27N3O3S. The average Bonchev–Trinajstić information content (AvgIpc) is 2.85. The molecule has 1 N–H and O–H groups in total. The maximum atomic E-state index is 13.5. The predicted octanol–water partition coefficient (Wildman–Crippen LogP) is 4.42. The third kappa shape index (κ3) is 5.73. The Bertz CT molecular complexity index is 1350. The second-order valence-electron chi connectivity index (χ2n) is 8.03. The lowest BCUT2D eigenvalue weighted by Crippen LogP contribution is -2.27. The number of carbonyl (C=O) groups excluding carboxylic acids is 1. The number of methoxy groups -OCH3 is 1. The van der Waals surface area contributed by atoms with Gasteiger partial charge in [0.1, 0.15) is 0 Å². The molecule has 1 heterocycles. The van der Waals surface area contributed by atoms with Gasteiger partial charge in [0.05, 0.1) is 24.1 Å². The van der Waals surface area contributed by atoms with Crippen molar-refractivity contribution < 1.29 is 9.53 Å². The van der Waals surface area contributed by atoms with Crippen LogP contribution in [0.4, 0.5) is 0 Å². The molecule has 0 aliphatic heterocycles. The summed E-state index contributed by atoms with van der Waals surface area (Å²) in [5.41, 5.74) is 4.24. The van der Waals surface area contributed by atoms with Gasteiger partial charge in [0, 0.05) is 25.0 Å². The Morgan fingerprint density at radius 1 is 1.03 bits per heavy atom.